The molecule has 0 bridgehead atoms. The van der Waals surface area contributed by atoms with Gasteiger partial charge in [0.1, 0.15) is 5.70 Å². The molecule has 1 aliphatic heterocycles. The molecule has 1 aliphatic carbocycles. The van der Waals surface area contributed by atoms with E-state index in [4.69, 9.17) is 9.47 Å². The van der Waals surface area contributed by atoms with E-state index in [-0.39, 0.29) is 23.9 Å². The average molecular weight is 366 g/mol. The Bertz CT molecular complexity index is 871. The quantitative estimate of drug-likeness (QED) is 0.816. The molecule has 2 aliphatic rings. The fourth-order valence-electron chi connectivity index (χ4n) is 2.55. The summed E-state index contributed by atoms with van der Waals surface area (Å²) in [5, 5.41) is 9.45. The number of carbonyl (C=O) groups is 1. The maximum Gasteiger partial charge on any atom is 0.353 e. The molecule has 8 nitrogen and oxygen atoms in total. The number of methoxy groups -OCH3 is 2. The van der Waals surface area contributed by atoms with E-state index in [2.05, 4.69) is 4.40 Å². The van der Waals surface area contributed by atoms with E-state index in [0.717, 1.165) is 17.1 Å². The smallest absolute Gasteiger partial charge is 0.353 e. The second kappa shape index (κ2) is 6.40. The minimum absolute atomic E-state index is 0.0467. The minimum Gasteiger partial charge on any atom is -0.493 e. The molecule has 1 saturated carbocycles. The third-order valence-electron chi connectivity index (χ3n) is 4.05. The normalized spacial score (nSPS) is 19.0. The monoisotopic (exact) mass is 366 g/mol. The van der Waals surface area contributed by atoms with Crippen LogP contribution in [0, 0.1) is 5.92 Å². The molecule has 9 heteroatoms. The summed E-state index contributed by atoms with van der Waals surface area (Å²) < 4.78 is 40.0. The van der Waals surface area contributed by atoms with Gasteiger partial charge in [-0.3, -0.25) is 0 Å². The van der Waals surface area contributed by atoms with E-state index < -0.39 is 16.2 Å². The van der Waals surface area contributed by atoms with Crippen LogP contribution in [0.5, 0.6) is 11.5 Å². The van der Waals surface area contributed by atoms with Gasteiger partial charge in [0.2, 0.25) is 0 Å². The standard InChI is InChI=1S/C16H18N2O6S/c1-23-14-6-5-11(7-15(14)24-2)12-8-13(16(19)20)18(9-10-3-4-10)25(21,22)17-12/h5-8,10H,3-4,9H2,1-2H3,(H,19,20). The number of allylic oxidation sites excluding steroid dienone is 1. The van der Waals surface area contributed by atoms with Gasteiger partial charge in [-0.05, 0) is 43.0 Å². The zero-order valence-electron chi connectivity index (χ0n) is 13.8. The van der Waals surface area contributed by atoms with Gasteiger partial charge in [-0.2, -0.15) is 8.42 Å². The number of hydrogen-bond donors (Lipinski definition) is 1. The molecule has 0 amide bonds. The third kappa shape index (κ3) is 3.46. The van der Waals surface area contributed by atoms with Crippen LogP contribution < -0.4 is 9.47 Å². The van der Waals surface area contributed by atoms with E-state index in [0.29, 0.717) is 17.1 Å². The molecule has 1 heterocycles. The van der Waals surface area contributed by atoms with Gasteiger partial charge >= 0.3 is 16.2 Å². The first-order valence-electron chi connectivity index (χ1n) is 7.65. The average Bonchev–Trinajstić information content (AvgIpc) is 3.39. The Hall–Kier alpha value is -2.55. The number of carboxylic acid groups (broad SMARTS) is 1. The fraction of sp³-hybridized carbons (Fsp3) is 0.375. The molecule has 1 fully saturated rings. The van der Waals surface area contributed by atoms with Crippen LogP contribution in [-0.2, 0) is 15.0 Å². The van der Waals surface area contributed by atoms with Gasteiger partial charge in [0.15, 0.2) is 11.5 Å². The molecule has 25 heavy (non-hydrogen) atoms. The van der Waals surface area contributed by atoms with Gasteiger partial charge in [0.25, 0.3) is 0 Å². The van der Waals surface area contributed by atoms with E-state index in [1.807, 2.05) is 0 Å². The van der Waals surface area contributed by atoms with E-state index in [1.54, 1.807) is 18.2 Å². The Labute approximate surface area is 145 Å². The van der Waals surface area contributed by atoms with Crippen molar-refractivity contribution in [2.75, 3.05) is 20.8 Å². The molecule has 0 aromatic heterocycles. The van der Waals surface area contributed by atoms with Crippen LogP contribution in [0.2, 0.25) is 0 Å². The van der Waals surface area contributed by atoms with Crippen molar-refractivity contribution in [1.82, 2.24) is 4.31 Å². The van der Waals surface area contributed by atoms with E-state index in [1.165, 1.54) is 20.3 Å². The summed E-state index contributed by atoms with van der Waals surface area (Å²) in [6.07, 6.45) is 3.06. The van der Waals surface area contributed by atoms with Crippen LogP contribution in [0.15, 0.2) is 34.4 Å². The zero-order valence-corrected chi connectivity index (χ0v) is 14.6. The molecule has 0 unspecified atom stereocenters. The molecule has 0 radical (unpaired) electrons. The number of nitrogens with zero attached hydrogens (tertiary/aromatic N) is 2. The highest BCUT2D eigenvalue weighted by molar-refractivity contribution is 7.88. The second-order valence-corrected chi connectivity index (χ2v) is 7.35. The number of hydrogen-bond acceptors (Lipinski definition) is 5. The summed E-state index contributed by atoms with van der Waals surface area (Å²) >= 11 is 0. The Morgan fingerprint density at radius 2 is 1.96 bits per heavy atom. The first-order chi connectivity index (χ1) is 11.9. The van der Waals surface area contributed by atoms with Crippen LogP contribution in [-0.4, -0.2) is 50.3 Å². The molecule has 1 aromatic carbocycles. The Balaban J connectivity index is 2.04. The van der Waals surface area contributed by atoms with E-state index >= 15 is 0 Å². The Kier molecular flexibility index (Phi) is 4.42. The minimum atomic E-state index is -4.11. The number of rotatable bonds is 6. The summed E-state index contributed by atoms with van der Waals surface area (Å²) in [7, 11) is -1.17. The molecule has 1 N–H and O–H groups in total. The third-order valence-corrected chi connectivity index (χ3v) is 5.38. The van der Waals surface area contributed by atoms with E-state index in [9.17, 15) is 18.3 Å². The molecule has 0 saturated heterocycles. The lowest BCUT2D eigenvalue weighted by Gasteiger charge is -2.25. The summed E-state index contributed by atoms with van der Waals surface area (Å²) in [5.74, 6) is -0.249. The van der Waals surface area contributed by atoms with Crippen LogP contribution in [0.25, 0.3) is 0 Å². The summed E-state index contributed by atoms with van der Waals surface area (Å²) in [6, 6.07) is 4.76. The van der Waals surface area contributed by atoms with Crippen LogP contribution in [0.1, 0.15) is 18.4 Å². The fourth-order valence-corrected chi connectivity index (χ4v) is 3.84. The largest absolute Gasteiger partial charge is 0.493 e. The number of carboxylic acids is 1. The van der Waals surface area contributed by atoms with Crippen LogP contribution in [0.4, 0.5) is 0 Å². The van der Waals surface area contributed by atoms with Crippen molar-refractivity contribution in [3.63, 3.8) is 0 Å². The summed E-state index contributed by atoms with van der Waals surface area (Å²) in [5.41, 5.74) is 0.170. The predicted octanol–water partition coefficient (Wildman–Crippen LogP) is 1.43. The molecular weight excluding hydrogens is 348 g/mol. The van der Waals surface area contributed by atoms with Crippen molar-refractivity contribution in [3.8, 4) is 11.5 Å². The maximum atomic E-state index is 12.5. The highest BCUT2D eigenvalue weighted by Crippen LogP contribution is 2.34. The van der Waals surface area contributed by atoms with Crippen molar-refractivity contribution in [3.05, 3.63) is 35.5 Å². The van der Waals surface area contributed by atoms with Gasteiger partial charge in [-0.15, -0.1) is 4.40 Å². The first-order valence-corrected chi connectivity index (χ1v) is 9.05. The van der Waals surface area contributed by atoms with Crippen molar-refractivity contribution in [2.24, 2.45) is 10.3 Å². The highest BCUT2D eigenvalue weighted by Gasteiger charge is 2.37. The zero-order chi connectivity index (χ0) is 18.2. The van der Waals surface area contributed by atoms with Gasteiger partial charge < -0.3 is 14.6 Å². The lowest BCUT2D eigenvalue weighted by Crippen LogP contribution is -2.37. The van der Waals surface area contributed by atoms with Crippen LogP contribution >= 0.6 is 0 Å². The van der Waals surface area contributed by atoms with Crippen molar-refractivity contribution < 1.29 is 27.8 Å². The predicted molar refractivity (Wildman–Crippen MR) is 90.2 cm³/mol. The van der Waals surface area contributed by atoms with Gasteiger partial charge in [0, 0.05) is 12.1 Å². The number of ether oxygens (including phenoxy) is 2. The molecule has 0 atom stereocenters. The highest BCUT2D eigenvalue weighted by atomic mass is 32.2. The number of benzene rings is 1. The second-order valence-electron chi connectivity index (χ2n) is 5.83. The van der Waals surface area contributed by atoms with Crippen molar-refractivity contribution >= 4 is 21.9 Å². The summed E-state index contributed by atoms with van der Waals surface area (Å²) in [6.45, 7) is 0.142. The van der Waals surface area contributed by atoms with Gasteiger partial charge in [-0.1, -0.05) is 0 Å². The van der Waals surface area contributed by atoms with Gasteiger partial charge in [0.05, 0.1) is 19.9 Å². The van der Waals surface area contributed by atoms with Crippen molar-refractivity contribution in [1.29, 1.82) is 0 Å². The van der Waals surface area contributed by atoms with Crippen LogP contribution in [0.3, 0.4) is 0 Å². The van der Waals surface area contributed by atoms with Gasteiger partial charge in [-0.25, -0.2) is 9.10 Å². The lowest BCUT2D eigenvalue weighted by atomic mass is 10.1. The SMILES string of the molecule is COc1ccc(C2=NS(=O)(=O)N(CC3CC3)C(C(=O)O)=C2)cc1OC. The molecule has 3 rings (SSSR count). The summed E-state index contributed by atoms with van der Waals surface area (Å²) in [4.78, 5) is 11.6. The Morgan fingerprint density at radius 3 is 2.52 bits per heavy atom. The number of aliphatic carboxylic acids is 1. The van der Waals surface area contributed by atoms with Crippen molar-refractivity contribution in [2.45, 2.75) is 12.8 Å². The topological polar surface area (TPSA) is 106 Å². The maximum absolute atomic E-state index is 12.5. The lowest BCUT2D eigenvalue weighted by molar-refractivity contribution is -0.133. The Morgan fingerprint density at radius 1 is 1.28 bits per heavy atom. The molecule has 0 spiro atoms. The molecule has 134 valence electrons. The molecular formula is C16H18N2O6S. The molecule has 1 aromatic rings. The first kappa shape index (κ1) is 17.3.